The third-order valence-electron chi connectivity index (χ3n) is 3.72. The molecule has 1 aromatic rings. The van der Waals surface area contributed by atoms with Crippen LogP contribution in [0.2, 0.25) is 0 Å². The number of thiazole rings is 1. The number of nitrogens with one attached hydrogen (secondary N) is 1. The zero-order valence-electron chi connectivity index (χ0n) is 10.7. The number of rotatable bonds is 2. The number of hydrogen-bond donors (Lipinski definition) is 1. The summed E-state index contributed by atoms with van der Waals surface area (Å²) in [5.41, 5.74) is 1.46. The summed E-state index contributed by atoms with van der Waals surface area (Å²) in [5.74, 6) is 1.20. The van der Waals surface area contributed by atoms with E-state index in [4.69, 9.17) is 0 Å². The lowest BCUT2D eigenvalue weighted by Gasteiger charge is -2.32. The van der Waals surface area contributed by atoms with Crippen molar-refractivity contribution < 1.29 is 0 Å². The van der Waals surface area contributed by atoms with E-state index in [0.717, 1.165) is 22.4 Å². The monoisotopic (exact) mass is 281 g/mol. The second kappa shape index (κ2) is 5.21. The Labute approximate surface area is 116 Å². The van der Waals surface area contributed by atoms with E-state index in [0.29, 0.717) is 5.54 Å². The van der Waals surface area contributed by atoms with Gasteiger partial charge in [0, 0.05) is 16.7 Å². The van der Waals surface area contributed by atoms with Crippen LogP contribution in [0.4, 0.5) is 0 Å². The quantitative estimate of drug-likeness (QED) is 0.903. The average molecular weight is 281 g/mol. The minimum atomic E-state index is 0.361. The highest BCUT2D eigenvalue weighted by Gasteiger charge is 2.37. The number of hydrogen-bond acceptors (Lipinski definition) is 4. The molecule has 2 aliphatic rings. The van der Waals surface area contributed by atoms with Crippen molar-refractivity contribution in [3.05, 3.63) is 16.1 Å². The Morgan fingerprint density at radius 3 is 2.94 bits per heavy atom. The lowest BCUT2D eigenvalue weighted by molar-refractivity contribution is 0.303. The highest BCUT2D eigenvalue weighted by atomic mass is 32.2. The zero-order chi connectivity index (χ0) is 12.4. The molecular formula is C13H19N3S2. The van der Waals surface area contributed by atoms with Gasteiger partial charge in [-0.15, -0.1) is 11.3 Å². The smallest absolute Gasteiger partial charge is 0.157 e. The number of aliphatic imine (C=N–C) groups is 1. The topological polar surface area (TPSA) is 37.3 Å². The fourth-order valence-corrected chi connectivity index (χ4v) is 4.54. The van der Waals surface area contributed by atoms with Crippen LogP contribution >= 0.6 is 23.1 Å². The highest BCUT2D eigenvalue weighted by molar-refractivity contribution is 8.14. The molecule has 0 unspecified atom stereocenters. The van der Waals surface area contributed by atoms with Crippen molar-refractivity contribution in [3.8, 4) is 0 Å². The number of amidine groups is 1. The molecule has 2 heterocycles. The van der Waals surface area contributed by atoms with Gasteiger partial charge in [0.2, 0.25) is 0 Å². The number of aryl methyl sites for hydroxylation is 1. The van der Waals surface area contributed by atoms with Gasteiger partial charge in [-0.25, -0.2) is 4.98 Å². The summed E-state index contributed by atoms with van der Waals surface area (Å²) in [6, 6.07) is 0. The molecule has 1 N–H and O–H groups in total. The lowest BCUT2D eigenvalue weighted by Crippen LogP contribution is -2.45. The molecule has 98 valence electrons. The molecule has 5 heteroatoms. The molecule has 0 amide bonds. The van der Waals surface area contributed by atoms with E-state index in [1.807, 2.05) is 18.7 Å². The Morgan fingerprint density at radius 2 is 2.22 bits per heavy atom. The molecule has 0 aromatic carbocycles. The van der Waals surface area contributed by atoms with Gasteiger partial charge < -0.3 is 5.32 Å². The molecule has 1 saturated heterocycles. The van der Waals surface area contributed by atoms with Gasteiger partial charge in [0.05, 0.1) is 17.2 Å². The first kappa shape index (κ1) is 12.5. The molecule has 1 spiro atoms. The van der Waals surface area contributed by atoms with Gasteiger partial charge in [-0.1, -0.05) is 31.0 Å². The summed E-state index contributed by atoms with van der Waals surface area (Å²) in [6.07, 6.45) is 6.76. The number of nitrogens with zero attached hydrogens (tertiary/aromatic N) is 2. The predicted molar refractivity (Wildman–Crippen MR) is 79.4 cm³/mol. The lowest BCUT2D eigenvalue weighted by atomic mass is 9.83. The van der Waals surface area contributed by atoms with Crippen molar-refractivity contribution in [2.75, 3.05) is 5.75 Å². The van der Waals surface area contributed by atoms with E-state index in [1.165, 1.54) is 37.9 Å². The normalized spacial score (nSPS) is 24.6. The van der Waals surface area contributed by atoms with Gasteiger partial charge in [-0.05, 0) is 19.8 Å². The van der Waals surface area contributed by atoms with Crippen LogP contribution in [0.15, 0.2) is 10.4 Å². The number of aromatic nitrogens is 1. The van der Waals surface area contributed by atoms with E-state index >= 15 is 0 Å². The van der Waals surface area contributed by atoms with Gasteiger partial charge in [-0.2, -0.15) is 0 Å². The Kier molecular flexibility index (Phi) is 3.61. The van der Waals surface area contributed by atoms with E-state index < -0.39 is 0 Å². The van der Waals surface area contributed by atoms with Crippen molar-refractivity contribution in [3.63, 3.8) is 0 Å². The molecular weight excluding hydrogens is 262 g/mol. The predicted octanol–water partition coefficient (Wildman–Crippen LogP) is 3.35. The van der Waals surface area contributed by atoms with Crippen LogP contribution in [0, 0.1) is 6.92 Å². The Hall–Kier alpha value is -0.550. The molecule has 1 saturated carbocycles. The van der Waals surface area contributed by atoms with Crippen molar-refractivity contribution in [1.82, 2.24) is 10.3 Å². The summed E-state index contributed by atoms with van der Waals surface area (Å²) in [6.45, 7) is 2.76. The summed E-state index contributed by atoms with van der Waals surface area (Å²) in [7, 11) is 0. The second-order valence-corrected chi connectivity index (χ2v) is 7.26. The molecule has 18 heavy (non-hydrogen) atoms. The Bertz CT molecular complexity index is 447. The fraction of sp³-hybridized carbons (Fsp3) is 0.692. The van der Waals surface area contributed by atoms with Crippen LogP contribution in [0.5, 0.6) is 0 Å². The van der Waals surface area contributed by atoms with Crippen molar-refractivity contribution in [2.45, 2.75) is 51.1 Å². The maximum Gasteiger partial charge on any atom is 0.157 e. The molecule has 3 nitrogen and oxygen atoms in total. The standard InChI is InChI=1S/C13H19N3S2/c1-10-15-11(8-17-10)7-14-12-16-13(9-18-12)5-3-2-4-6-13/h8H,2-7,9H2,1H3,(H,14,16). The van der Waals surface area contributed by atoms with Gasteiger partial charge in [-0.3, -0.25) is 4.99 Å². The molecule has 0 atom stereocenters. The summed E-state index contributed by atoms with van der Waals surface area (Å²) < 4.78 is 0. The summed E-state index contributed by atoms with van der Waals surface area (Å²) in [4.78, 5) is 9.12. The summed E-state index contributed by atoms with van der Waals surface area (Å²) >= 11 is 3.59. The van der Waals surface area contributed by atoms with Crippen molar-refractivity contribution >= 4 is 28.3 Å². The minimum Gasteiger partial charge on any atom is -0.359 e. The van der Waals surface area contributed by atoms with E-state index in [1.54, 1.807) is 11.3 Å². The fourth-order valence-electron chi connectivity index (χ4n) is 2.72. The van der Waals surface area contributed by atoms with E-state index in [9.17, 15) is 0 Å². The van der Waals surface area contributed by atoms with Crippen LogP contribution < -0.4 is 5.32 Å². The first-order valence-corrected chi connectivity index (χ1v) is 8.49. The maximum absolute atomic E-state index is 4.67. The highest BCUT2D eigenvalue weighted by Crippen LogP contribution is 2.36. The maximum atomic E-state index is 4.67. The zero-order valence-corrected chi connectivity index (χ0v) is 12.4. The second-order valence-electron chi connectivity index (χ2n) is 5.23. The Morgan fingerprint density at radius 1 is 1.39 bits per heavy atom. The van der Waals surface area contributed by atoms with Crippen LogP contribution in [-0.4, -0.2) is 21.4 Å². The van der Waals surface area contributed by atoms with Gasteiger partial charge in [0.1, 0.15) is 0 Å². The summed E-state index contributed by atoms with van der Waals surface area (Å²) in [5, 5.41) is 8.03. The van der Waals surface area contributed by atoms with Crippen LogP contribution in [0.1, 0.15) is 42.8 Å². The van der Waals surface area contributed by atoms with Crippen molar-refractivity contribution in [1.29, 1.82) is 0 Å². The van der Waals surface area contributed by atoms with E-state index in [2.05, 4.69) is 20.7 Å². The third-order valence-corrected chi connectivity index (χ3v) is 5.74. The molecule has 2 fully saturated rings. The first-order chi connectivity index (χ1) is 8.76. The molecule has 3 rings (SSSR count). The van der Waals surface area contributed by atoms with E-state index in [-0.39, 0.29) is 0 Å². The first-order valence-electron chi connectivity index (χ1n) is 6.62. The van der Waals surface area contributed by atoms with Crippen molar-refractivity contribution in [2.24, 2.45) is 4.99 Å². The van der Waals surface area contributed by atoms with Crippen LogP contribution in [-0.2, 0) is 6.54 Å². The molecule has 1 aliphatic carbocycles. The number of thioether (sulfide) groups is 1. The Balaban J connectivity index is 1.61. The van der Waals surface area contributed by atoms with Gasteiger partial charge in [0.15, 0.2) is 5.17 Å². The van der Waals surface area contributed by atoms with Crippen LogP contribution in [0.3, 0.4) is 0 Å². The SMILES string of the molecule is Cc1nc(CN=C2NC3(CCCCC3)CS2)cs1. The largest absolute Gasteiger partial charge is 0.359 e. The third kappa shape index (κ3) is 2.72. The molecule has 1 aromatic heterocycles. The molecule has 1 aliphatic heterocycles. The van der Waals surface area contributed by atoms with Gasteiger partial charge >= 0.3 is 0 Å². The van der Waals surface area contributed by atoms with Crippen LogP contribution in [0.25, 0.3) is 0 Å². The molecule has 0 bridgehead atoms. The average Bonchev–Trinajstić information content (AvgIpc) is 2.96. The molecule has 0 radical (unpaired) electrons. The minimum absolute atomic E-state index is 0.361. The van der Waals surface area contributed by atoms with Gasteiger partial charge in [0.25, 0.3) is 0 Å².